The minimum absolute atomic E-state index is 0.198. The maximum Gasteiger partial charge on any atom is 0.261 e. The molecule has 0 radical (unpaired) electrons. The Morgan fingerprint density at radius 1 is 1.00 bits per heavy atom. The monoisotopic (exact) mass is 407 g/mol. The molecule has 4 rings (SSSR count). The summed E-state index contributed by atoms with van der Waals surface area (Å²) in [7, 11) is -3.64. The third kappa shape index (κ3) is 4.41. The Morgan fingerprint density at radius 3 is 2.45 bits per heavy atom. The number of rotatable bonds is 6. The fourth-order valence-corrected chi connectivity index (χ4v) is 3.71. The number of imidazole rings is 1. The quantitative estimate of drug-likeness (QED) is 0.525. The third-order valence-electron chi connectivity index (χ3n) is 3.95. The second-order valence-corrected chi connectivity index (χ2v) is 7.81. The predicted octanol–water partition coefficient (Wildman–Crippen LogP) is 3.56. The van der Waals surface area contributed by atoms with Crippen LogP contribution in [0.4, 0.5) is 5.69 Å². The van der Waals surface area contributed by atoms with Crippen molar-refractivity contribution < 1.29 is 13.2 Å². The van der Waals surface area contributed by atoms with Gasteiger partial charge in [0.1, 0.15) is 23.7 Å². The lowest BCUT2D eigenvalue weighted by Gasteiger charge is -2.10. The molecule has 0 fully saturated rings. The van der Waals surface area contributed by atoms with E-state index in [1.54, 1.807) is 78.7 Å². The van der Waals surface area contributed by atoms with Gasteiger partial charge in [-0.3, -0.25) is 9.29 Å². The summed E-state index contributed by atoms with van der Waals surface area (Å²) < 4.78 is 34.9. The number of aryl methyl sites for hydroxylation is 1. The van der Waals surface area contributed by atoms with Gasteiger partial charge in [0.05, 0.1) is 4.90 Å². The van der Waals surface area contributed by atoms with Gasteiger partial charge in [0, 0.05) is 24.1 Å². The highest BCUT2D eigenvalue weighted by Crippen LogP contribution is 2.24. The Kier molecular flexibility index (Phi) is 4.96. The zero-order valence-electron chi connectivity index (χ0n) is 15.4. The topological polar surface area (TPSA) is 99.0 Å². The lowest BCUT2D eigenvalue weighted by Crippen LogP contribution is -2.12. The molecule has 0 aliphatic heterocycles. The van der Waals surface area contributed by atoms with Gasteiger partial charge in [-0.1, -0.05) is 18.2 Å². The van der Waals surface area contributed by atoms with Crippen molar-refractivity contribution in [2.75, 3.05) is 4.72 Å². The van der Waals surface area contributed by atoms with Crippen LogP contribution in [-0.4, -0.2) is 27.9 Å². The normalized spacial score (nSPS) is 11.2. The maximum atomic E-state index is 12.4. The Labute approximate surface area is 167 Å². The first kappa shape index (κ1) is 18.6. The standard InChI is InChI=1S/C20H17N5O3S/c1-15-22-19(25-12-11-21-14-25)13-20(23-15)28-17-9-7-16(8-10-17)24-29(26,27)18-5-3-2-4-6-18/h2-14,24H,1H3. The first-order valence-corrected chi connectivity index (χ1v) is 10.2. The van der Waals surface area contributed by atoms with Gasteiger partial charge in [-0.2, -0.15) is 4.98 Å². The molecule has 29 heavy (non-hydrogen) atoms. The van der Waals surface area contributed by atoms with Gasteiger partial charge < -0.3 is 4.74 Å². The number of anilines is 1. The van der Waals surface area contributed by atoms with Crippen molar-refractivity contribution in [1.29, 1.82) is 0 Å². The molecule has 2 aromatic carbocycles. The molecule has 1 N–H and O–H groups in total. The largest absolute Gasteiger partial charge is 0.439 e. The van der Waals surface area contributed by atoms with E-state index in [0.29, 0.717) is 29.0 Å². The predicted molar refractivity (Wildman–Crippen MR) is 108 cm³/mol. The Morgan fingerprint density at radius 2 is 1.76 bits per heavy atom. The summed E-state index contributed by atoms with van der Waals surface area (Å²) in [5, 5.41) is 0. The van der Waals surface area contributed by atoms with Gasteiger partial charge in [-0.25, -0.2) is 18.4 Å². The SMILES string of the molecule is Cc1nc(Oc2ccc(NS(=O)(=O)c3ccccc3)cc2)cc(-n2ccnc2)n1. The summed E-state index contributed by atoms with van der Waals surface area (Å²) in [6.07, 6.45) is 5.07. The molecule has 4 aromatic rings. The highest BCUT2D eigenvalue weighted by molar-refractivity contribution is 7.92. The highest BCUT2D eigenvalue weighted by atomic mass is 32.2. The third-order valence-corrected chi connectivity index (χ3v) is 5.35. The van der Waals surface area contributed by atoms with Crippen molar-refractivity contribution in [2.24, 2.45) is 0 Å². The summed E-state index contributed by atoms with van der Waals surface area (Å²) >= 11 is 0. The number of nitrogens with one attached hydrogen (secondary N) is 1. The average Bonchev–Trinajstić information content (AvgIpc) is 3.25. The molecule has 0 saturated heterocycles. The smallest absolute Gasteiger partial charge is 0.261 e. The molecule has 0 aliphatic carbocycles. The van der Waals surface area contributed by atoms with Crippen molar-refractivity contribution in [3.05, 3.63) is 85.2 Å². The van der Waals surface area contributed by atoms with Crippen molar-refractivity contribution in [1.82, 2.24) is 19.5 Å². The Balaban J connectivity index is 1.51. The fourth-order valence-electron chi connectivity index (χ4n) is 2.63. The zero-order valence-corrected chi connectivity index (χ0v) is 16.2. The van der Waals surface area contributed by atoms with Crippen LogP contribution >= 0.6 is 0 Å². The first-order valence-electron chi connectivity index (χ1n) is 8.69. The van der Waals surface area contributed by atoms with Gasteiger partial charge in [-0.15, -0.1) is 0 Å². The molecule has 0 saturated carbocycles. The van der Waals surface area contributed by atoms with Crippen LogP contribution in [-0.2, 0) is 10.0 Å². The fraction of sp³-hybridized carbons (Fsp3) is 0.0500. The number of nitrogens with zero attached hydrogens (tertiary/aromatic N) is 4. The van der Waals surface area contributed by atoms with Gasteiger partial charge in [0.15, 0.2) is 0 Å². The van der Waals surface area contributed by atoms with E-state index in [4.69, 9.17) is 4.74 Å². The molecular weight excluding hydrogens is 390 g/mol. The number of aromatic nitrogens is 4. The van der Waals surface area contributed by atoms with E-state index in [1.807, 2.05) is 0 Å². The van der Waals surface area contributed by atoms with Crippen LogP contribution in [0.15, 0.2) is 84.3 Å². The summed E-state index contributed by atoms with van der Waals surface area (Å²) in [5.41, 5.74) is 0.430. The molecule has 0 amide bonds. The second kappa shape index (κ2) is 7.72. The number of benzene rings is 2. The lowest BCUT2D eigenvalue weighted by atomic mass is 10.3. The van der Waals surface area contributed by atoms with Crippen molar-refractivity contribution >= 4 is 15.7 Å². The van der Waals surface area contributed by atoms with Crippen LogP contribution in [0.5, 0.6) is 11.6 Å². The van der Waals surface area contributed by atoms with Gasteiger partial charge in [-0.05, 0) is 43.3 Å². The van der Waals surface area contributed by atoms with Crippen LogP contribution in [0.2, 0.25) is 0 Å². The minimum atomic E-state index is -3.64. The van der Waals surface area contributed by atoms with E-state index in [2.05, 4.69) is 19.7 Å². The second-order valence-electron chi connectivity index (χ2n) is 6.13. The van der Waals surface area contributed by atoms with Crippen LogP contribution in [0.1, 0.15) is 5.82 Å². The molecule has 0 unspecified atom stereocenters. The van der Waals surface area contributed by atoms with E-state index in [-0.39, 0.29) is 4.90 Å². The van der Waals surface area contributed by atoms with Crippen molar-refractivity contribution in [3.8, 4) is 17.4 Å². The lowest BCUT2D eigenvalue weighted by molar-refractivity contribution is 0.459. The molecular formula is C20H17N5O3S. The first-order chi connectivity index (χ1) is 14.0. The molecule has 146 valence electrons. The van der Waals surface area contributed by atoms with Crippen LogP contribution in [0.25, 0.3) is 5.82 Å². The summed E-state index contributed by atoms with van der Waals surface area (Å²) in [4.78, 5) is 12.8. The number of hydrogen-bond acceptors (Lipinski definition) is 6. The molecule has 0 aliphatic rings. The number of ether oxygens (including phenoxy) is 1. The van der Waals surface area contributed by atoms with Gasteiger partial charge >= 0.3 is 0 Å². The molecule has 2 aromatic heterocycles. The summed E-state index contributed by atoms with van der Waals surface area (Å²) in [6, 6.07) is 16.5. The van der Waals surface area contributed by atoms with Crippen molar-refractivity contribution in [3.63, 3.8) is 0 Å². The van der Waals surface area contributed by atoms with Crippen molar-refractivity contribution in [2.45, 2.75) is 11.8 Å². The Hall–Kier alpha value is -3.72. The molecule has 8 nitrogen and oxygen atoms in total. The molecule has 0 bridgehead atoms. The van der Waals surface area contributed by atoms with E-state index in [0.717, 1.165) is 0 Å². The Bertz CT molecular complexity index is 1210. The van der Waals surface area contributed by atoms with E-state index >= 15 is 0 Å². The minimum Gasteiger partial charge on any atom is -0.439 e. The van der Waals surface area contributed by atoms with E-state index in [1.165, 1.54) is 12.1 Å². The molecule has 2 heterocycles. The van der Waals surface area contributed by atoms with Crippen LogP contribution < -0.4 is 9.46 Å². The summed E-state index contributed by atoms with van der Waals surface area (Å²) in [6.45, 7) is 1.77. The summed E-state index contributed by atoms with van der Waals surface area (Å²) in [5.74, 6) is 2.08. The molecule has 0 spiro atoms. The number of hydrogen-bond donors (Lipinski definition) is 1. The molecule has 0 atom stereocenters. The maximum absolute atomic E-state index is 12.4. The van der Waals surface area contributed by atoms with Gasteiger partial charge in [0.25, 0.3) is 10.0 Å². The van der Waals surface area contributed by atoms with Gasteiger partial charge in [0.2, 0.25) is 5.88 Å². The molecule has 9 heteroatoms. The highest BCUT2D eigenvalue weighted by Gasteiger charge is 2.13. The average molecular weight is 407 g/mol. The van der Waals surface area contributed by atoms with Crippen LogP contribution in [0, 0.1) is 6.92 Å². The number of sulfonamides is 1. The van der Waals surface area contributed by atoms with Crippen LogP contribution in [0.3, 0.4) is 0 Å². The van der Waals surface area contributed by atoms with E-state index in [9.17, 15) is 8.42 Å². The van der Waals surface area contributed by atoms with E-state index < -0.39 is 10.0 Å². The zero-order chi connectivity index (χ0) is 20.3.